The lowest BCUT2D eigenvalue weighted by Gasteiger charge is -2.40. The lowest BCUT2D eigenvalue weighted by Crippen LogP contribution is -2.34. The van der Waals surface area contributed by atoms with Crippen molar-refractivity contribution in [3.63, 3.8) is 0 Å². The predicted octanol–water partition coefficient (Wildman–Crippen LogP) is 6.49. The number of halogens is 1. The van der Waals surface area contributed by atoms with Gasteiger partial charge >= 0.3 is 4.87 Å². The summed E-state index contributed by atoms with van der Waals surface area (Å²) in [5.41, 5.74) is 1.80. The number of nitrogens with zero attached hydrogens (tertiary/aromatic N) is 1. The molecule has 4 nitrogen and oxygen atoms in total. The van der Waals surface area contributed by atoms with E-state index in [0.717, 1.165) is 31.9 Å². The number of hydrogen-bond acceptors (Lipinski definition) is 4. The first-order valence-electron chi connectivity index (χ1n) is 12.5. The first kappa shape index (κ1) is 22.3. The van der Waals surface area contributed by atoms with Gasteiger partial charge in [-0.3, -0.25) is 14.2 Å². The van der Waals surface area contributed by atoms with Gasteiger partial charge in [0.15, 0.2) is 0 Å². The molecule has 7 rings (SSSR count). The lowest BCUT2D eigenvalue weighted by molar-refractivity contribution is -0.116. The molecule has 7 heteroatoms. The van der Waals surface area contributed by atoms with Crippen LogP contribution in [0.4, 0.5) is 10.1 Å². The second-order valence-corrected chi connectivity index (χ2v) is 12.4. The van der Waals surface area contributed by atoms with Crippen molar-refractivity contribution in [3.8, 4) is 0 Å². The summed E-state index contributed by atoms with van der Waals surface area (Å²) >= 11 is 3.07. The van der Waals surface area contributed by atoms with E-state index in [2.05, 4.69) is 5.32 Å². The molecule has 36 heavy (non-hydrogen) atoms. The molecule has 3 aromatic carbocycles. The molecule has 0 saturated heterocycles. The third-order valence-electron chi connectivity index (χ3n) is 8.25. The third kappa shape index (κ3) is 3.63. The number of thiazole rings is 1. The van der Waals surface area contributed by atoms with Crippen LogP contribution in [-0.2, 0) is 11.3 Å². The molecular formula is C29H25FN2O2S2. The standard InChI is InChI=1S/C29H25FN2O2S2/c30-21-10-7-17(8-11-21)24-25-19-5-6-20(13-19)26(25)35-28-27(24)36-29(34)32(28)15-23(33)31-22-12-9-16-3-1-2-4-18(16)14-22/h1-4,7-12,14,19-20,24-26H,5-6,13,15H2,(H,31,33)/t19?,20?,24-,25?,26?/m1/s1. The fraction of sp³-hybridized carbons (Fsp3) is 0.310. The minimum Gasteiger partial charge on any atom is -0.325 e. The van der Waals surface area contributed by atoms with Crippen molar-refractivity contribution < 1.29 is 9.18 Å². The zero-order chi connectivity index (χ0) is 24.4. The number of amides is 1. The van der Waals surface area contributed by atoms with Crippen LogP contribution in [0.5, 0.6) is 0 Å². The Morgan fingerprint density at radius 3 is 2.61 bits per heavy atom. The Hall–Kier alpha value is -2.90. The average molecular weight is 517 g/mol. The van der Waals surface area contributed by atoms with Gasteiger partial charge in [-0.1, -0.05) is 53.8 Å². The highest BCUT2D eigenvalue weighted by Crippen LogP contribution is 2.64. The number of carbonyl (C=O) groups is 1. The molecule has 2 aliphatic carbocycles. The maximum Gasteiger partial charge on any atom is 0.308 e. The lowest BCUT2D eigenvalue weighted by atomic mass is 9.75. The van der Waals surface area contributed by atoms with Crippen molar-refractivity contribution in [2.75, 3.05) is 5.32 Å². The molecule has 2 saturated carbocycles. The molecule has 0 radical (unpaired) electrons. The molecule has 4 unspecified atom stereocenters. The van der Waals surface area contributed by atoms with Gasteiger partial charge in [-0.25, -0.2) is 4.39 Å². The molecule has 0 spiro atoms. The molecule has 3 aliphatic rings. The summed E-state index contributed by atoms with van der Waals surface area (Å²) in [6.07, 6.45) is 3.71. The zero-order valence-electron chi connectivity index (χ0n) is 19.5. The van der Waals surface area contributed by atoms with Gasteiger partial charge in [0.05, 0.1) is 5.03 Å². The summed E-state index contributed by atoms with van der Waals surface area (Å²) < 4.78 is 15.4. The van der Waals surface area contributed by atoms with Crippen molar-refractivity contribution in [1.82, 2.24) is 4.57 Å². The van der Waals surface area contributed by atoms with Crippen molar-refractivity contribution >= 4 is 45.5 Å². The summed E-state index contributed by atoms with van der Waals surface area (Å²) in [5.74, 6) is 1.40. The van der Waals surface area contributed by atoms with Crippen LogP contribution in [0.15, 0.2) is 76.6 Å². The van der Waals surface area contributed by atoms with Gasteiger partial charge in [0.25, 0.3) is 0 Å². The monoisotopic (exact) mass is 516 g/mol. The van der Waals surface area contributed by atoms with Crippen LogP contribution >= 0.6 is 23.1 Å². The number of rotatable bonds is 4. The number of anilines is 1. The summed E-state index contributed by atoms with van der Waals surface area (Å²) in [4.78, 5) is 27.3. The normalized spacial score (nSPS) is 26.1. The van der Waals surface area contributed by atoms with Crippen LogP contribution in [0, 0.1) is 23.6 Å². The molecule has 4 aromatic rings. The van der Waals surface area contributed by atoms with E-state index < -0.39 is 0 Å². The van der Waals surface area contributed by atoms with Crippen molar-refractivity contribution in [2.24, 2.45) is 17.8 Å². The fourth-order valence-corrected chi connectivity index (χ4v) is 9.89. The summed E-state index contributed by atoms with van der Waals surface area (Å²) in [6, 6.07) is 20.7. The summed E-state index contributed by atoms with van der Waals surface area (Å²) in [5, 5.41) is 6.53. The quantitative estimate of drug-likeness (QED) is 0.337. The highest BCUT2D eigenvalue weighted by molar-refractivity contribution is 8.00. The van der Waals surface area contributed by atoms with E-state index in [4.69, 9.17) is 0 Å². The number of carbonyl (C=O) groups excluding carboxylic acids is 1. The van der Waals surface area contributed by atoms with Crippen molar-refractivity contribution in [3.05, 3.63) is 92.7 Å². The SMILES string of the molecule is O=C(Cn1c2c(sc1=O)[C@H](c1ccc(F)cc1)C1C3CCC(C3)C1S2)Nc1ccc2ccccc2c1. The molecule has 1 N–H and O–H groups in total. The van der Waals surface area contributed by atoms with Gasteiger partial charge in [0.2, 0.25) is 5.91 Å². The Morgan fingerprint density at radius 2 is 1.78 bits per heavy atom. The van der Waals surface area contributed by atoms with E-state index in [1.54, 1.807) is 4.57 Å². The number of fused-ring (bicyclic) bond motifs is 7. The average Bonchev–Trinajstić information content (AvgIpc) is 3.58. The Balaban J connectivity index is 1.22. The van der Waals surface area contributed by atoms with Gasteiger partial charge in [0, 0.05) is 21.7 Å². The van der Waals surface area contributed by atoms with Gasteiger partial charge in [0.1, 0.15) is 12.4 Å². The maximum absolute atomic E-state index is 13.7. The highest BCUT2D eigenvalue weighted by atomic mass is 32.2. The number of aromatic nitrogens is 1. The molecule has 5 atom stereocenters. The fourth-order valence-electron chi connectivity index (χ4n) is 6.74. The second-order valence-electron chi connectivity index (χ2n) is 10.3. The molecule has 2 heterocycles. The topological polar surface area (TPSA) is 51.1 Å². The van der Waals surface area contributed by atoms with Gasteiger partial charge < -0.3 is 5.32 Å². The van der Waals surface area contributed by atoms with Crippen LogP contribution in [0.2, 0.25) is 0 Å². The number of hydrogen-bond donors (Lipinski definition) is 1. The molecule has 182 valence electrons. The first-order chi connectivity index (χ1) is 17.5. The smallest absolute Gasteiger partial charge is 0.308 e. The highest BCUT2D eigenvalue weighted by Gasteiger charge is 2.55. The number of benzene rings is 3. The molecule has 2 bridgehead atoms. The van der Waals surface area contributed by atoms with Crippen LogP contribution < -0.4 is 10.2 Å². The van der Waals surface area contributed by atoms with Crippen molar-refractivity contribution in [2.45, 2.75) is 42.0 Å². The van der Waals surface area contributed by atoms with E-state index >= 15 is 0 Å². The van der Waals surface area contributed by atoms with Crippen LogP contribution in [0.25, 0.3) is 10.8 Å². The number of nitrogens with one attached hydrogen (secondary N) is 1. The van der Waals surface area contributed by atoms with Crippen LogP contribution in [0.1, 0.15) is 35.6 Å². The Morgan fingerprint density at radius 1 is 1.00 bits per heavy atom. The third-order valence-corrected chi connectivity index (χ3v) is 11.1. The van der Waals surface area contributed by atoms with E-state index in [0.29, 0.717) is 23.0 Å². The van der Waals surface area contributed by atoms with Gasteiger partial charge in [-0.15, -0.1) is 11.8 Å². The molecule has 2 fully saturated rings. The predicted molar refractivity (Wildman–Crippen MR) is 143 cm³/mol. The van der Waals surface area contributed by atoms with E-state index in [-0.39, 0.29) is 29.1 Å². The van der Waals surface area contributed by atoms with Gasteiger partial charge in [-0.05, 0) is 77.6 Å². The van der Waals surface area contributed by atoms with Gasteiger partial charge in [-0.2, -0.15) is 0 Å². The molecular weight excluding hydrogens is 491 g/mol. The number of thioether (sulfide) groups is 1. The molecule has 1 aliphatic heterocycles. The van der Waals surface area contributed by atoms with E-state index in [1.165, 1.54) is 42.7 Å². The summed E-state index contributed by atoms with van der Waals surface area (Å²) in [6.45, 7) is -0.00782. The zero-order valence-corrected chi connectivity index (χ0v) is 21.2. The Bertz CT molecular complexity index is 1540. The minimum absolute atomic E-state index is 0.00782. The van der Waals surface area contributed by atoms with Crippen LogP contribution in [-0.4, -0.2) is 15.7 Å². The second kappa shape index (κ2) is 8.60. The van der Waals surface area contributed by atoms with E-state index in [1.807, 2.05) is 66.4 Å². The van der Waals surface area contributed by atoms with E-state index in [9.17, 15) is 14.0 Å². The maximum atomic E-state index is 13.7. The Labute approximate surface area is 216 Å². The Kier molecular flexibility index (Phi) is 5.33. The molecule has 1 amide bonds. The largest absolute Gasteiger partial charge is 0.325 e. The summed E-state index contributed by atoms with van der Waals surface area (Å²) in [7, 11) is 0. The first-order valence-corrected chi connectivity index (χ1v) is 14.2. The van der Waals surface area contributed by atoms with Crippen LogP contribution in [0.3, 0.4) is 0 Å². The van der Waals surface area contributed by atoms with Crippen molar-refractivity contribution in [1.29, 1.82) is 0 Å². The minimum atomic E-state index is -0.246. The molecule has 1 aromatic heterocycles.